The van der Waals surface area contributed by atoms with Gasteiger partial charge in [0, 0.05) is 43.5 Å². The van der Waals surface area contributed by atoms with Gasteiger partial charge in [-0.1, -0.05) is 0 Å². The highest BCUT2D eigenvalue weighted by molar-refractivity contribution is 5.99. The lowest BCUT2D eigenvalue weighted by molar-refractivity contribution is 0.0561. The van der Waals surface area contributed by atoms with Gasteiger partial charge in [0.25, 0.3) is 11.8 Å². The zero-order valence-corrected chi connectivity index (χ0v) is 19.2. The zero-order chi connectivity index (χ0) is 26.8. The van der Waals surface area contributed by atoms with Crippen molar-refractivity contribution in [1.82, 2.24) is 14.8 Å². The molecule has 0 unspecified atom stereocenters. The van der Waals surface area contributed by atoms with Crippen molar-refractivity contribution in [3.8, 4) is 5.75 Å². The second-order valence-electron chi connectivity index (χ2n) is 9.34. The Hall–Kier alpha value is -4.22. The van der Waals surface area contributed by atoms with E-state index in [0.29, 0.717) is 23.3 Å². The molecule has 0 fully saturated rings. The van der Waals surface area contributed by atoms with E-state index in [1.807, 2.05) is 0 Å². The van der Waals surface area contributed by atoms with Crippen molar-refractivity contribution in [2.45, 2.75) is 32.0 Å². The number of aromatic hydroxyl groups is 1. The molecule has 0 saturated heterocycles. The zero-order valence-electron chi connectivity index (χ0n) is 19.2. The minimum absolute atomic E-state index is 0.0339. The van der Waals surface area contributed by atoms with Gasteiger partial charge in [-0.2, -0.15) is 0 Å². The number of nitrogens with one attached hydrogen (secondary N) is 1. The number of aromatic nitrogens is 1. The smallest absolute Gasteiger partial charge is 0.274 e. The average Bonchev–Trinajstić information content (AvgIpc) is 2.93. The second-order valence-corrected chi connectivity index (χ2v) is 9.34. The van der Waals surface area contributed by atoms with Gasteiger partial charge < -0.3 is 19.9 Å². The second kappa shape index (κ2) is 8.43. The summed E-state index contributed by atoms with van der Waals surface area (Å²) < 4.78 is 70.2. The molecule has 12 heteroatoms. The van der Waals surface area contributed by atoms with Gasteiger partial charge in [0.1, 0.15) is 23.0 Å². The fourth-order valence-electron chi connectivity index (χ4n) is 4.93. The van der Waals surface area contributed by atoms with E-state index in [-0.39, 0.29) is 19.5 Å². The van der Waals surface area contributed by atoms with Gasteiger partial charge in [0.05, 0.1) is 5.54 Å². The van der Waals surface area contributed by atoms with Crippen LogP contribution in [-0.2, 0) is 25.0 Å². The molecule has 2 aliphatic rings. The lowest BCUT2D eigenvalue weighted by Crippen LogP contribution is -2.53. The van der Waals surface area contributed by atoms with Crippen LogP contribution >= 0.6 is 0 Å². The fourth-order valence-corrected chi connectivity index (χ4v) is 4.93. The molecule has 3 heterocycles. The highest BCUT2D eigenvalue weighted by atomic mass is 19.2. The van der Waals surface area contributed by atoms with Crippen LogP contribution in [0.5, 0.6) is 5.75 Å². The molecule has 5 rings (SSSR count). The number of hydrogen-bond acceptors (Lipinski definition) is 4. The number of fused-ring (bicyclic) bond motifs is 5. The SMILES string of the molecule is C[C@@]12Cc3cc(F)c(F)cc3CN(C1)C(=O)c1c(O)c(=O)c(C(=O)NCc3c(F)cc(F)cc3F)cn12. The fraction of sp³-hybridized carbons (Fsp3) is 0.240. The van der Waals surface area contributed by atoms with E-state index in [1.54, 1.807) is 6.92 Å². The van der Waals surface area contributed by atoms with Gasteiger partial charge in [0.15, 0.2) is 23.1 Å². The Morgan fingerprint density at radius 1 is 1.00 bits per heavy atom. The van der Waals surface area contributed by atoms with E-state index in [4.69, 9.17) is 0 Å². The van der Waals surface area contributed by atoms with Crippen molar-refractivity contribution < 1.29 is 36.6 Å². The minimum atomic E-state index is -1.25. The van der Waals surface area contributed by atoms with Gasteiger partial charge >= 0.3 is 0 Å². The quantitative estimate of drug-likeness (QED) is 0.521. The molecule has 2 bridgehead atoms. The third kappa shape index (κ3) is 3.92. The molecule has 1 atom stereocenters. The average molecular weight is 519 g/mol. The number of nitrogens with zero attached hydrogens (tertiary/aromatic N) is 2. The Labute approximate surface area is 205 Å². The molecular weight excluding hydrogens is 501 g/mol. The maximum Gasteiger partial charge on any atom is 0.274 e. The molecule has 7 nitrogen and oxygen atoms in total. The number of carbonyl (C=O) groups is 2. The summed E-state index contributed by atoms with van der Waals surface area (Å²) in [6, 6.07) is 2.87. The lowest BCUT2D eigenvalue weighted by atomic mass is 9.89. The number of pyridine rings is 1. The van der Waals surface area contributed by atoms with Crippen LogP contribution in [0.3, 0.4) is 0 Å². The number of halogens is 5. The van der Waals surface area contributed by atoms with Gasteiger partial charge in [-0.15, -0.1) is 0 Å². The molecule has 1 aromatic heterocycles. The van der Waals surface area contributed by atoms with Crippen molar-refractivity contribution in [2.75, 3.05) is 6.54 Å². The Bertz CT molecular complexity index is 1550. The largest absolute Gasteiger partial charge is 0.503 e. The van der Waals surface area contributed by atoms with Crippen LogP contribution in [0.1, 0.15) is 44.5 Å². The molecule has 0 saturated carbocycles. The third-order valence-corrected chi connectivity index (χ3v) is 6.74. The molecule has 0 aliphatic carbocycles. The van der Waals surface area contributed by atoms with Crippen molar-refractivity contribution in [3.63, 3.8) is 0 Å². The summed E-state index contributed by atoms with van der Waals surface area (Å²) in [6.07, 6.45) is 1.11. The van der Waals surface area contributed by atoms with Crippen molar-refractivity contribution in [1.29, 1.82) is 0 Å². The number of rotatable bonds is 3. The standard InChI is InChI=1S/C25H18F5N3O4/c1-25-6-11-2-18(29)19(30)3-12(11)8-32(10-25)24(37)20-22(35)21(34)15(9-33(20)25)23(36)31-7-14-16(27)4-13(26)5-17(14)28/h2-5,9,35H,6-8,10H2,1H3,(H,31,36)/t25-/m1/s1. The Morgan fingerprint density at radius 2 is 1.62 bits per heavy atom. The Kier molecular flexibility index (Phi) is 5.57. The van der Waals surface area contributed by atoms with Gasteiger partial charge in [-0.05, 0) is 36.6 Å². The number of amides is 2. The van der Waals surface area contributed by atoms with Crippen molar-refractivity contribution >= 4 is 11.8 Å². The van der Waals surface area contributed by atoms with Crippen LogP contribution in [0.2, 0.25) is 0 Å². The van der Waals surface area contributed by atoms with E-state index in [2.05, 4.69) is 5.32 Å². The third-order valence-electron chi connectivity index (χ3n) is 6.74. The molecule has 2 amide bonds. The maximum atomic E-state index is 14.0. The monoisotopic (exact) mass is 519 g/mol. The highest BCUT2D eigenvalue weighted by Gasteiger charge is 2.44. The first kappa shape index (κ1) is 24.5. The van der Waals surface area contributed by atoms with E-state index in [0.717, 1.165) is 18.3 Å². The predicted octanol–water partition coefficient (Wildman–Crippen LogP) is 3.11. The van der Waals surface area contributed by atoms with E-state index >= 15 is 0 Å². The Balaban J connectivity index is 1.56. The molecule has 192 valence electrons. The summed E-state index contributed by atoms with van der Waals surface area (Å²) in [6.45, 7) is 0.861. The topological polar surface area (TPSA) is 91.6 Å². The normalized spacial score (nSPS) is 18.2. The summed E-state index contributed by atoms with van der Waals surface area (Å²) >= 11 is 0. The molecule has 37 heavy (non-hydrogen) atoms. The molecule has 2 aromatic carbocycles. The lowest BCUT2D eigenvalue weighted by Gasteiger charge is -2.42. The first-order chi connectivity index (χ1) is 17.4. The molecule has 0 spiro atoms. The van der Waals surface area contributed by atoms with E-state index in [1.165, 1.54) is 9.47 Å². The van der Waals surface area contributed by atoms with Crippen molar-refractivity contribution in [2.24, 2.45) is 0 Å². The maximum absolute atomic E-state index is 14.0. The summed E-state index contributed by atoms with van der Waals surface area (Å²) in [5.41, 5.74) is -3.21. The summed E-state index contributed by atoms with van der Waals surface area (Å²) in [5, 5.41) is 12.8. The summed E-state index contributed by atoms with van der Waals surface area (Å²) in [5.74, 6) is -8.70. The molecular formula is C25H18F5N3O4. The Morgan fingerprint density at radius 3 is 2.27 bits per heavy atom. The molecule has 2 aliphatic heterocycles. The molecule has 0 radical (unpaired) electrons. The number of benzene rings is 2. The molecule has 2 N–H and O–H groups in total. The number of carbonyl (C=O) groups excluding carboxylic acids is 2. The van der Waals surface area contributed by atoms with E-state index < -0.39 is 81.0 Å². The summed E-state index contributed by atoms with van der Waals surface area (Å²) in [7, 11) is 0. The first-order valence-corrected chi connectivity index (χ1v) is 11.1. The van der Waals surface area contributed by atoms with Gasteiger partial charge in [0.2, 0.25) is 5.43 Å². The highest BCUT2D eigenvalue weighted by Crippen LogP contribution is 2.38. The van der Waals surface area contributed by atoms with Crippen LogP contribution in [-0.4, -0.2) is 32.9 Å². The van der Waals surface area contributed by atoms with E-state index in [9.17, 15) is 41.4 Å². The summed E-state index contributed by atoms with van der Waals surface area (Å²) in [4.78, 5) is 40.1. The van der Waals surface area contributed by atoms with Gasteiger partial charge in [-0.25, -0.2) is 22.0 Å². The minimum Gasteiger partial charge on any atom is -0.503 e. The first-order valence-electron chi connectivity index (χ1n) is 11.1. The van der Waals surface area contributed by atoms with Crippen LogP contribution in [0.15, 0.2) is 35.3 Å². The number of hydrogen-bond donors (Lipinski definition) is 2. The predicted molar refractivity (Wildman–Crippen MR) is 118 cm³/mol. The van der Waals surface area contributed by atoms with Crippen molar-refractivity contribution in [3.05, 3.63) is 97.7 Å². The van der Waals surface area contributed by atoms with Crippen LogP contribution in [0.4, 0.5) is 22.0 Å². The van der Waals surface area contributed by atoms with Crippen LogP contribution in [0, 0.1) is 29.1 Å². The van der Waals surface area contributed by atoms with Crippen LogP contribution < -0.4 is 10.7 Å². The van der Waals surface area contributed by atoms with Crippen LogP contribution in [0.25, 0.3) is 0 Å². The van der Waals surface area contributed by atoms with Gasteiger partial charge in [-0.3, -0.25) is 14.4 Å². The molecule has 3 aromatic rings.